The van der Waals surface area contributed by atoms with Crippen LogP contribution < -0.4 is 10.6 Å². The van der Waals surface area contributed by atoms with Crippen molar-refractivity contribution < 1.29 is 19.1 Å². The van der Waals surface area contributed by atoms with E-state index in [4.69, 9.17) is 4.74 Å². The number of nitrogens with one attached hydrogen (secondary N) is 2. The van der Waals surface area contributed by atoms with Gasteiger partial charge >= 0.3 is 6.09 Å². The fraction of sp³-hybridized carbons (Fsp3) is 0.640. The summed E-state index contributed by atoms with van der Waals surface area (Å²) in [6.45, 7) is 17.2. The Bertz CT molecular complexity index is 843. The van der Waals surface area contributed by atoms with Gasteiger partial charge in [-0.3, -0.25) is 9.59 Å². The fourth-order valence-electron chi connectivity index (χ4n) is 3.29. The van der Waals surface area contributed by atoms with E-state index in [1.54, 1.807) is 20.8 Å². The highest BCUT2D eigenvalue weighted by molar-refractivity contribution is 7.80. The van der Waals surface area contributed by atoms with Crippen LogP contribution >= 0.6 is 12.6 Å². The molecule has 2 N–H and O–H groups in total. The van der Waals surface area contributed by atoms with Crippen molar-refractivity contribution in [3.05, 3.63) is 34.9 Å². The maximum absolute atomic E-state index is 13.6. The van der Waals surface area contributed by atoms with E-state index in [0.717, 1.165) is 16.7 Å². The number of carbonyl (C=O) groups excluding carboxylic acids is 3. The molecule has 0 heterocycles. The summed E-state index contributed by atoms with van der Waals surface area (Å²) >= 11 is 4.29. The van der Waals surface area contributed by atoms with Gasteiger partial charge in [0.15, 0.2) is 0 Å². The van der Waals surface area contributed by atoms with Crippen molar-refractivity contribution in [3.8, 4) is 0 Å². The van der Waals surface area contributed by atoms with Crippen LogP contribution in [0.1, 0.15) is 77.6 Å². The van der Waals surface area contributed by atoms with E-state index in [0.29, 0.717) is 13.0 Å². The Morgan fingerprint density at radius 1 is 1.06 bits per heavy atom. The minimum absolute atomic E-state index is 0.0683. The number of nitrogens with zero attached hydrogens (tertiary/aromatic N) is 1. The first-order chi connectivity index (χ1) is 15.1. The molecule has 186 valence electrons. The second-order valence-electron chi connectivity index (χ2n) is 10.4. The third-order valence-corrected chi connectivity index (χ3v) is 5.19. The summed E-state index contributed by atoms with van der Waals surface area (Å²) in [7, 11) is 0. The topological polar surface area (TPSA) is 87.7 Å². The number of thiol groups is 1. The highest BCUT2D eigenvalue weighted by atomic mass is 32.1. The molecule has 0 fully saturated rings. The number of ether oxygens (including phenoxy) is 1. The van der Waals surface area contributed by atoms with Gasteiger partial charge in [-0.1, -0.05) is 25.1 Å². The zero-order chi connectivity index (χ0) is 25.6. The van der Waals surface area contributed by atoms with Crippen molar-refractivity contribution in [3.63, 3.8) is 0 Å². The molecule has 1 aromatic carbocycles. The number of hydrogen-bond acceptors (Lipinski definition) is 5. The van der Waals surface area contributed by atoms with Gasteiger partial charge in [-0.25, -0.2) is 4.79 Å². The molecule has 0 aliphatic carbocycles. The third kappa shape index (κ3) is 9.27. The lowest BCUT2D eigenvalue weighted by atomic mass is 9.97. The molecular formula is C25H41N3O4S. The standard InChI is InChI=1S/C25H41N3O4S/c1-10-13-28(22(30)19(15-33)26-23(31)32-25(7,8)9)20(21(29)27-24(4,5)6)18-12-11-16(2)17(3)14-18/h11-12,14,19-20,33H,10,13,15H2,1-9H3,(H,26,31)(H,27,29). The number of hydrogen-bond donors (Lipinski definition) is 3. The van der Waals surface area contributed by atoms with Crippen LogP contribution in [0.25, 0.3) is 0 Å². The maximum atomic E-state index is 13.6. The summed E-state index contributed by atoms with van der Waals surface area (Å²) in [6, 6.07) is 3.98. The quantitative estimate of drug-likeness (QED) is 0.485. The lowest BCUT2D eigenvalue weighted by Crippen LogP contribution is -2.55. The van der Waals surface area contributed by atoms with Crippen LogP contribution in [0.3, 0.4) is 0 Å². The normalized spacial score (nSPS) is 13.6. The highest BCUT2D eigenvalue weighted by Gasteiger charge is 2.36. The zero-order valence-electron chi connectivity index (χ0n) is 21.5. The van der Waals surface area contributed by atoms with Crippen molar-refractivity contribution in [2.75, 3.05) is 12.3 Å². The molecule has 0 aliphatic heterocycles. The van der Waals surface area contributed by atoms with E-state index in [2.05, 4.69) is 23.3 Å². The summed E-state index contributed by atoms with van der Waals surface area (Å²) in [5, 5.41) is 5.63. The molecule has 0 saturated heterocycles. The average Bonchev–Trinajstić information content (AvgIpc) is 2.65. The fourth-order valence-corrected chi connectivity index (χ4v) is 3.54. The van der Waals surface area contributed by atoms with Crippen LogP contribution in [0.15, 0.2) is 18.2 Å². The van der Waals surface area contributed by atoms with E-state index >= 15 is 0 Å². The van der Waals surface area contributed by atoms with Crippen molar-refractivity contribution in [2.45, 2.75) is 92.0 Å². The molecule has 7 nitrogen and oxygen atoms in total. The number of carbonyl (C=O) groups is 3. The molecule has 0 radical (unpaired) electrons. The van der Waals surface area contributed by atoms with Gasteiger partial charge in [-0.05, 0) is 78.5 Å². The number of benzene rings is 1. The Morgan fingerprint density at radius 2 is 1.67 bits per heavy atom. The maximum Gasteiger partial charge on any atom is 0.408 e. The first kappa shape index (κ1) is 28.8. The predicted octanol–water partition coefficient (Wildman–Crippen LogP) is 4.32. The van der Waals surface area contributed by atoms with Crippen LogP contribution in [-0.2, 0) is 14.3 Å². The SMILES string of the molecule is CCCN(C(=O)C(CS)NC(=O)OC(C)(C)C)C(C(=O)NC(C)(C)C)c1ccc(C)c(C)c1. The van der Waals surface area contributed by atoms with Crippen LogP contribution in [0.5, 0.6) is 0 Å². The van der Waals surface area contributed by atoms with Crippen LogP contribution in [-0.4, -0.2) is 52.3 Å². The van der Waals surface area contributed by atoms with Crippen LogP contribution in [0, 0.1) is 13.8 Å². The first-order valence-electron chi connectivity index (χ1n) is 11.4. The number of amides is 3. The average molecular weight is 480 g/mol. The predicted molar refractivity (Wildman–Crippen MR) is 136 cm³/mol. The van der Waals surface area contributed by atoms with Gasteiger partial charge in [-0.15, -0.1) is 0 Å². The first-order valence-corrected chi connectivity index (χ1v) is 12.0. The van der Waals surface area contributed by atoms with E-state index in [1.807, 2.05) is 59.7 Å². The van der Waals surface area contributed by atoms with Crippen molar-refractivity contribution >= 4 is 30.5 Å². The number of aryl methyl sites for hydroxylation is 2. The Kier molecular flexibility index (Phi) is 10.3. The van der Waals surface area contributed by atoms with Gasteiger partial charge in [-0.2, -0.15) is 12.6 Å². The molecule has 0 bridgehead atoms. The number of alkyl carbamates (subject to hydrolysis) is 1. The van der Waals surface area contributed by atoms with Gasteiger partial charge < -0.3 is 20.3 Å². The second-order valence-corrected chi connectivity index (χ2v) is 10.8. The Labute approximate surface area is 204 Å². The third-order valence-electron chi connectivity index (χ3n) is 4.82. The molecule has 3 amide bonds. The minimum Gasteiger partial charge on any atom is -0.444 e. The number of rotatable bonds is 8. The smallest absolute Gasteiger partial charge is 0.408 e. The largest absolute Gasteiger partial charge is 0.444 e. The minimum atomic E-state index is -0.939. The Balaban J connectivity index is 3.40. The van der Waals surface area contributed by atoms with Gasteiger partial charge in [0.2, 0.25) is 11.8 Å². The molecule has 1 rings (SSSR count). The van der Waals surface area contributed by atoms with E-state index in [-0.39, 0.29) is 17.6 Å². The van der Waals surface area contributed by atoms with Crippen LogP contribution in [0.4, 0.5) is 4.79 Å². The summed E-state index contributed by atoms with van der Waals surface area (Å²) in [5.41, 5.74) is 1.67. The lowest BCUT2D eigenvalue weighted by molar-refractivity contribution is -0.142. The summed E-state index contributed by atoms with van der Waals surface area (Å²) < 4.78 is 5.31. The second kappa shape index (κ2) is 11.8. The highest BCUT2D eigenvalue weighted by Crippen LogP contribution is 2.26. The van der Waals surface area contributed by atoms with E-state index < -0.39 is 29.3 Å². The summed E-state index contributed by atoms with van der Waals surface area (Å²) in [4.78, 5) is 41.0. The Morgan fingerprint density at radius 3 is 2.12 bits per heavy atom. The van der Waals surface area contributed by atoms with Crippen molar-refractivity contribution in [1.82, 2.24) is 15.5 Å². The lowest BCUT2D eigenvalue weighted by Gasteiger charge is -2.35. The van der Waals surface area contributed by atoms with Crippen LogP contribution in [0.2, 0.25) is 0 Å². The van der Waals surface area contributed by atoms with Gasteiger partial charge in [0.25, 0.3) is 0 Å². The molecule has 0 aliphatic rings. The molecule has 0 saturated carbocycles. The zero-order valence-corrected chi connectivity index (χ0v) is 22.4. The van der Waals surface area contributed by atoms with E-state index in [1.165, 1.54) is 4.90 Å². The van der Waals surface area contributed by atoms with Crippen molar-refractivity contribution in [1.29, 1.82) is 0 Å². The molecule has 2 unspecified atom stereocenters. The molecule has 2 atom stereocenters. The monoisotopic (exact) mass is 479 g/mol. The van der Waals surface area contributed by atoms with Gasteiger partial charge in [0, 0.05) is 17.8 Å². The Hall–Kier alpha value is -2.22. The van der Waals surface area contributed by atoms with E-state index in [9.17, 15) is 14.4 Å². The van der Waals surface area contributed by atoms with Crippen molar-refractivity contribution in [2.24, 2.45) is 0 Å². The molecular weight excluding hydrogens is 438 g/mol. The van der Waals surface area contributed by atoms with Gasteiger partial charge in [0.05, 0.1) is 0 Å². The molecule has 1 aromatic rings. The summed E-state index contributed by atoms with van der Waals surface area (Å²) in [5.74, 6) is -0.591. The summed E-state index contributed by atoms with van der Waals surface area (Å²) in [6.07, 6.45) is -0.0602. The molecule has 0 aromatic heterocycles. The van der Waals surface area contributed by atoms with Gasteiger partial charge in [0.1, 0.15) is 17.7 Å². The molecule has 8 heteroatoms. The molecule has 0 spiro atoms. The molecule has 33 heavy (non-hydrogen) atoms.